The molecule has 0 radical (unpaired) electrons. The molecule has 20 heavy (non-hydrogen) atoms. The van der Waals surface area contributed by atoms with Gasteiger partial charge in [-0.15, -0.1) is 0 Å². The number of hydrogen-bond acceptors (Lipinski definition) is 2. The molecule has 1 saturated heterocycles. The number of benzene rings is 2. The Hall–Kier alpha value is -1.57. The first-order valence-corrected chi connectivity index (χ1v) is 8.81. The molecule has 3 rings (SSSR count). The zero-order valence-corrected chi connectivity index (χ0v) is 12.8. The first-order valence-electron chi connectivity index (χ1n) is 6.74. The summed E-state index contributed by atoms with van der Waals surface area (Å²) in [7, 11) is 0. The van der Waals surface area contributed by atoms with E-state index in [1.54, 1.807) is 0 Å². The predicted octanol–water partition coefficient (Wildman–Crippen LogP) is 2.39. The molecule has 2 atom stereocenters. The quantitative estimate of drug-likeness (QED) is 0.635. The van der Waals surface area contributed by atoms with Gasteiger partial charge in [0.1, 0.15) is 0 Å². The van der Waals surface area contributed by atoms with E-state index in [4.69, 9.17) is 4.74 Å². The van der Waals surface area contributed by atoms with Gasteiger partial charge in [0.2, 0.25) is 0 Å². The Labute approximate surface area is 125 Å². The summed E-state index contributed by atoms with van der Waals surface area (Å²) in [5.74, 6) is 0.164. The maximum atomic E-state index is 12.0. The molecule has 1 fully saturated rings. The summed E-state index contributed by atoms with van der Waals surface area (Å²) >= 11 is 0.396. The van der Waals surface area contributed by atoms with Crippen LogP contribution in [0.5, 0.6) is 0 Å². The van der Waals surface area contributed by atoms with Gasteiger partial charge in [0.25, 0.3) is 0 Å². The van der Waals surface area contributed by atoms with Gasteiger partial charge in [0.15, 0.2) is 0 Å². The zero-order chi connectivity index (χ0) is 13.8. The number of rotatable bonds is 4. The first-order chi connectivity index (χ1) is 9.84. The van der Waals surface area contributed by atoms with Gasteiger partial charge in [0, 0.05) is 0 Å². The Balaban J connectivity index is 1.71. The van der Waals surface area contributed by atoms with Crippen LogP contribution in [0.15, 0.2) is 60.7 Å². The molecule has 0 bridgehead atoms. The van der Waals surface area contributed by atoms with Gasteiger partial charge >= 0.3 is 125 Å². The number of esters is 1. The molecule has 2 nitrogen and oxygen atoms in total. The second kappa shape index (κ2) is 6.25. The molecule has 0 aromatic heterocycles. The normalized spacial score (nSPS) is 21.7. The molecule has 1 aliphatic rings. The summed E-state index contributed by atoms with van der Waals surface area (Å²) < 4.78 is 6.67. The van der Waals surface area contributed by atoms with E-state index in [9.17, 15) is 4.79 Å². The molecule has 0 spiro atoms. The Morgan fingerprint density at radius 3 is 2.35 bits per heavy atom. The standard InChI is InChI=1S/C17H16O2Se/c18-17-16(13-7-3-1-4-8-13)14(11-19-17)12-20-15-9-5-2-6-10-15/h1-10,14,16H,11-12H2/t14-,16-/m1/s1. The Morgan fingerprint density at radius 1 is 1.00 bits per heavy atom. The number of hydrogen-bond donors (Lipinski definition) is 0. The van der Waals surface area contributed by atoms with Gasteiger partial charge < -0.3 is 0 Å². The molecule has 3 heteroatoms. The fourth-order valence-corrected chi connectivity index (χ4v) is 4.69. The van der Waals surface area contributed by atoms with Crippen molar-refractivity contribution in [1.82, 2.24) is 0 Å². The molecule has 0 unspecified atom stereocenters. The predicted molar refractivity (Wildman–Crippen MR) is 80.3 cm³/mol. The molecule has 0 aliphatic carbocycles. The van der Waals surface area contributed by atoms with Crippen molar-refractivity contribution in [1.29, 1.82) is 0 Å². The van der Waals surface area contributed by atoms with Crippen molar-refractivity contribution in [3.63, 3.8) is 0 Å². The van der Waals surface area contributed by atoms with E-state index >= 15 is 0 Å². The average Bonchev–Trinajstić information content (AvgIpc) is 2.88. The molecular formula is C17H16O2Se. The summed E-state index contributed by atoms with van der Waals surface area (Å²) in [5.41, 5.74) is 1.09. The maximum absolute atomic E-state index is 12.0. The Bertz CT molecular complexity index is 568. The molecule has 2 aromatic rings. The van der Waals surface area contributed by atoms with Crippen molar-refractivity contribution in [2.75, 3.05) is 6.61 Å². The topological polar surface area (TPSA) is 26.3 Å². The third-order valence-electron chi connectivity index (χ3n) is 3.53. The van der Waals surface area contributed by atoms with Gasteiger partial charge in [-0.2, -0.15) is 0 Å². The molecule has 2 aromatic carbocycles. The number of carbonyl (C=O) groups excluding carboxylic acids is 1. The second-order valence-corrected chi connectivity index (χ2v) is 7.20. The van der Waals surface area contributed by atoms with Crippen LogP contribution < -0.4 is 4.46 Å². The third kappa shape index (κ3) is 2.95. The molecule has 0 saturated carbocycles. The van der Waals surface area contributed by atoms with Crippen LogP contribution in [0.1, 0.15) is 11.5 Å². The number of cyclic esters (lactones) is 1. The number of ether oxygens (including phenoxy) is 1. The van der Waals surface area contributed by atoms with Crippen molar-refractivity contribution >= 4 is 25.4 Å². The Morgan fingerprint density at radius 2 is 1.65 bits per heavy atom. The van der Waals surface area contributed by atoms with E-state index in [1.165, 1.54) is 4.46 Å². The van der Waals surface area contributed by atoms with Gasteiger partial charge in [-0.3, -0.25) is 0 Å². The molecule has 1 aliphatic heterocycles. The van der Waals surface area contributed by atoms with Crippen molar-refractivity contribution < 1.29 is 9.53 Å². The molecular weight excluding hydrogens is 315 g/mol. The van der Waals surface area contributed by atoms with Gasteiger partial charge in [-0.25, -0.2) is 0 Å². The van der Waals surface area contributed by atoms with Crippen molar-refractivity contribution in [2.24, 2.45) is 5.92 Å². The fourth-order valence-electron chi connectivity index (χ4n) is 2.50. The number of carbonyl (C=O) groups is 1. The van der Waals surface area contributed by atoms with Gasteiger partial charge in [-0.1, -0.05) is 0 Å². The van der Waals surface area contributed by atoms with Crippen LogP contribution in [0.4, 0.5) is 0 Å². The minimum absolute atomic E-state index is 0.0648. The summed E-state index contributed by atoms with van der Waals surface area (Å²) in [4.78, 5) is 12.0. The van der Waals surface area contributed by atoms with E-state index in [1.807, 2.05) is 36.4 Å². The third-order valence-corrected chi connectivity index (χ3v) is 6.05. The second-order valence-electron chi connectivity index (χ2n) is 4.90. The zero-order valence-electron chi connectivity index (χ0n) is 11.1. The molecule has 0 N–H and O–H groups in total. The van der Waals surface area contributed by atoms with Crippen LogP contribution in [-0.2, 0) is 9.53 Å². The summed E-state index contributed by atoms with van der Waals surface area (Å²) in [6.07, 6.45) is 0. The molecule has 0 amide bonds. The monoisotopic (exact) mass is 332 g/mol. The van der Waals surface area contributed by atoms with Crippen molar-refractivity contribution in [3.8, 4) is 0 Å². The first kappa shape index (κ1) is 13.4. The van der Waals surface area contributed by atoms with E-state index in [0.717, 1.165) is 10.9 Å². The van der Waals surface area contributed by atoms with Crippen LogP contribution in [0.3, 0.4) is 0 Å². The summed E-state index contributed by atoms with van der Waals surface area (Å²) in [6, 6.07) is 20.5. The van der Waals surface area contributed by atoms with E-state index in [-0.39, 0.29) is 11.9 Å². The van der Waals surface area contributed by atoms with E-state index in [0.29, 0.717) is 27.5 Å². The summed E-state index contributed by atoms with van der Waals surface area (Å²) in [5, 5.41) is 1.04. The Kier molecular flexibility index (Phi) is 4.19. The van der Waals surface area contributed by atoms with Crippen LogP contribution in [0, 0.1) is 5.92 Å². The van der Waals surface area contributed by atoms with Crippen molar-refractivity contribution in [2.45, 2.75) is 11.2 Å². The van der Waals surface area contributed by atoms with Gasteiger partial charge in [-0.05, 0) is 0 Å². The van der Waals surface area contributed by atoms with Crippen LogP contribution in [0.2, 0.25) is 5.32 Å². The molecule has 102 valence electrons. The average molecular weight is 331 g/mol. The van der Waals surface area contributed by atoms with Crippen LogP contribution in [-0.4, -0.2) is 27.5 Å². The van der Waals surface area contributed by atoms with Crippen molar-refractivity contribution in [3.05, 3.63) is 66.2 Å². The summed E-state index contributed by atoms with van der Waals surface area (Å²) in [6.45, 7) is 0.562. The van der Waals surface area contributed by atoms with Gasteiger partial charge in [0.05, 0.1) is 0 Å². The van der Waals surface area contributed by atoms with E-state index in [2.05, 4.69) is 24.3 Å². The van der Waals surface area contributed by atoms with Crippen LogP contribution in [0.25, 0.3) is 0 Å². The van der Waals surface area contributed by atoms with Crippen LogP contribution >= 0.6 is 0 Å². The minimum atomic E-state index is -0.0817. The van der Waals surface area contributed by atoms with E-state index < -0.39 is 0 Å². The fraction of sp³-hybridized carbons (Fsp3) is 0.235. The molecule has 1 heterocycles. The SMILES string of the molecule is O=C1OC[C@H](C[Se]c2ccccc2)[C@H]1c1ccccc1.